The summed E-state index contributed by atoms with van der Waals surface area (Å²) >= 11 is 1.44. The first-order valence-electron chi connectivity index (χ1n) is 8.39. The Balaban J connectivity index is 1.69. The van der Waals surface area contributed by atoms with Crippen LogP contribution in [0.15, 0.2) is 48.5 Å². The van der Waals surface area contributed by atoms with Gasteiger partial charge in [-0.15, -0.1) is 11.8 Å². The van der Waals surface area contributed by atoms with Gasteiger partial charge in [-0.25, -0.2) is 0 Å². The fourth-order valence-corrected chi connectivity index (χ4v) is 2.98. The molecular formula is C20H22N2O4S. The van der Waals surface area contributed by atoms with Crippen LogP contribution in [0.3, 0.4) is 0 Å². The van der Waals surface area contributed by atoms with E-state index in [1.807, 2.05) is 31.2 Å². The van der Waals surface area contributed by atoms with E-state index in [4.69, 9.17) is 4.74 Å². The molecule has 0 spiro atoms. The summed E-state index contributed by atoms with van der Waals surface area (Å²) in [5.41, 5.74) is 3.41. The number of carbonyl (C=O) groups excluding carboxylic acids is 3. The first-order valence-corrected chi connectivity index (χ1v) is 9.54. The van der Waals surface area contributed by atoms with Gasteiger partial charge in [0, 0.05) is 24.1 Å². The molecule has 2 amide bonds. The number of esters is 1. The van der Waals surface area contributed by atoms with Crippen molar-refractivity contribution in [3.05, 3.63) is 59.7 Å². The number of amides is 2. The van der Waals surface area contributed by atoms with Crippen LogP contribution in [0.5, 0.6) is 0 Å². The number of nitrogens with one attached hydrogen (secondary N) is 2. The van der Waals surface area contributed by atoms with Gasteiger partial charge >= 0.3 is 5.97 Å². The van der Waals surface area contributed by atoms with Gasteiger partial charge in [0.25, 0.3) is 5.91 Å². The van der Waals surface area contributed by atoms with Gasteiger partial charge in [0.2, 0.25) is 5.91 Å². The number of ether oxygens (including phenoxy) is 1. The van der Waals surface area contributed by atoms with Gasteiger partial charge in [-0.1, -0.05) is 35.9 Å². The average Bonchev–Trinajstić information content (AvgIpc) is 2.61. The molecule has 0 heterocycles. The molecule has 7 heteroatoms. The number of hydrogen-bond donors (Lipinski definition) is 2. The van der Waals surface area contributed by atoms with Crippen molar-refractivity contribution in [2.24, 2.45) is 0 Å². The summed E-state index contributed by atoms with van der Waals surface area (Å²) in [6, 6.07) is 14.8. The van der Waals surface area contributed by atoms with Crippen LogP contribution < -0.4 is 10.6 Å². The SMILES string of the molecule is CC(=O)Nc1cccc(NC(=O)COC(=O)CSCc2ccc(C)cc2)c1. The van der Waals surface area contributed by atoms with Crippen molar-refractivity contribution >= 4 is 40.9 Å². The number of benzene rings is 2. The third kappa shape index (κ3) is 7.96. The molecule has 27 heavy (non-hydrogen) atoms. The lowest BCUT2D eigenvalue weighted by Gasteiger charge is -2.08. The highest BCUT2D eigenvalue weighted by atomic mass is 32.2. The third-order valence-electron chi connectivity index (χ3n) is 3.44. The topological polar surface area (TPSA) is 84.5 Å². The Morgan fingerprint density at radius 3 is 2.33 bits per heavy atom. The van der Waals surface area contributed by atoms with E-state index in [0.717, 1.165) is 5.56 Å². The first kappa shape index (κ1) is 20.5. The summed E-state index contributed by atoms with van der Waals surface area (Å²) < 4.78 is 4.99. The van der Waals surface area contributed by atoms with E-state index in [2.05, 4.69) is 10.6 Å². The minimum Gasteiger partial charge on any atom is -0.455 e. The number of hydrogen-bond acceptors (Lipinski definition) is 5. The molecular weight excluding hydrogens is 364 g/mol. The zero-order valence-electron chi connectivity index (χ0n) is 15.3. The van der Waals surface area contributed by atoms with E-state index >= 15 is 0 Å². The summed E-state index contributed by atoms with van der Waals surface area (Å²) in [7, 11) is 0. The average molecular weight is 386 g/mol. The van der Waals surface area contributed by atoms with Crippen LogP contribution >= 0.6 is 11.8 Å². The fraction of sp³-hybridized carbons (Fsp3) is 0.250. The second kappa shape index (κ2) is 10.4. The summed E-state index contributed by atoms with van der Waals surface area (Å²) in [5, 5.41) is 5.25. The Kier molecular flexibility index (Phi) is 7.88. The molecule has 0 unspecified atom stereocenters. The molecule has 0 aliphatic carbocycles. The maximum atomic E-state index is 11.9. The van der Waals surface area contributed by atoms with Crippen LogP contribution in [-0.2, 0) is 24.9 Å². The highest BCUT2D eigenvalue weighted by Crippen LogP contribution is 2.15. The maximum Gasteiger partial charge on any atom is 0.316 e. The van der Waals surface area contributed by atoms with Gasteiger partial charge in [0.05, 0.1) is 5.75 Å². The van der Waals surface area contributed by atoms with Crippen LogP contribution in [-0.4, -0.2) is 30.1 Å². The third-order valence-corrected chi connectivity index (χ3v) is 4.42. The molecule has 0 saturated carbocycles. The Morgan fingerprint density at radius 1 is 1.00 bits per heavy atom. The Labute approximate surface area is 162 Å². The van der Waals surface area contributed by atoms with Crippen LogP contribution in [0.25, 0.3) is 0 Å². The van der Waals surface area contributed by atoms with Gasteiger partial charge in [-0.2, -0.15) is 0 Å². The molecule has 6 nitrogen and oxygen atoms in total. The number of rotatable bonds is 8. The normalized spacial score (nSPS) is 10.1. The summed E-state index contributed by atoms with van der Waals surface area (Å²) in [6.07, 6.45) is 0. The number of carbonyl (C=O) groups is 3. The molecule has 2 rings (SSSR count). The lowest BCUT2D eigenvalue weighted by atomic mass is 10.2. The minimum atomic E-state index is -0.438. The second-order valence-electron chi connectivity index (χ2n) is 5.95. The van der Waals surface area contributed by atoms with Gasteiger partial charge in [0.1, 0.15) is 0 Å². The summed E-state index contributed by atoms with van der Waals surface area (Å²) in [6.45, 7) is 3.07. The molecule has 2 aromatic carbocycles. The van der Waals surface area contributed by atoms with E-state index < -0.39 is 11.9 Å². The van der Waals surface area contributed by atoms with Crippen LogP contribution in [0, 0.1) is 6.92 Å². The molecule has 142 valence electrons. The number of aryl methyl sites for hydroxylation is 1. The molecule has 2 N–H and O–H groups in total. The van der Waals surface area contributed by atoms with Crippen molar-refractivity contribution in [3.8, 4) is 0 Å². The van der Waals surface area contributed by atoms with Crippen LogP contribution in [0.2, 0.25) is 0 Å². The molecule has 0 aliphatic rings. The van der Waals surface area contributed by atoms with Gasteiger partial charge in [0.15, 0.2) is 6.61 Å². The minimum absolute atomic E-state index is 0.180. The van der Waals surface area contributed by atoms with Gasteiger partial charge in [-0.05, 0) is 30.7 Å². The zero-order valence-corrected chi connectivity index (χ0v) is 16.1. The van der Waals surface area contributed by atoms with Gasteiger partial charge in [-0.3, -0.25) is 14.4 Å². The van der Waals surface area contributed by atoms with Crippen molar-refractivity contribution in [1.82, 2.24) is 0 Å². The van der Waals surface area contributed by atoms with E-state index in [-0.39, 0.29) is 18.3 Å². The molecule has 2 aromatic rings. The predicted molar refractivity (Wildman–Crippen MR) is 108 cm³/mol. The largest absolute Gasteiger partial charge is 0.455 e. The first-order chi connectivity index (χ1) is 12.9. The van der Waals surface area contributed by atoms with E-state index in [9.17, 15) is 14.4 Å². The molecule has 0 fully saturated rings. The zero-order chi connectivity index (χ0) is 19.6. The maximum absolute atomic E-state index is 11.9. The van der Waals surface area contributed by atoms with Crippen LogP contribution in [0.1, 0.15) is 18.1 Å². The molecule has 0 aliphatic heterocycles. The van der Waals surface area contributed by atoms with Crippen molar-refractivity contribution in [1.29, 1.82) is 0 Å². The number of anilines is 2. The Hall–Kier alpha value is -2.80. The second-order valence-corrected chi connectivity index (χ2v) is 6.93. The molecule has 0 radical (unpaired) electrons. The van der Waals surface area contributed by atoms with Crippen molar-refractivity contribution in [3.63, 3.8) is 0 Å². The quantitative estimate of drug-likeness (QED) is 0.680. The Bertz CT molecular complexity index is 806. The van der Waals surface area contributed by atoms with E-state index in [1.54, 1.807) is 24.3 Å². The van der Waals surface area contributed by atoms with Crippen molar-refractivity contribution < 1.29 is 19.1 Å². The Morgan fingerprint density at radius 2 is 1.67 bits per heavy atom. The lowest BCUT2D eigenvalue weighted by Crippen LogP contribution is -2.21. The van der Waals surface area contributed by atoms with Crippen molar-refractivity contribution in [2.45, 2.75) is 19.6 Å². The molecule has 0 bridgehead atoms. The highest BCUT2D eigenvalue weighted by Gasteiger charge is 2.09. The monoisotopic (exact) mass is 386 g/mol. The smallest absolute Gasteiger partial charge is 0.316 e. The molecule has 0 saturated heterocycles. The van der Waals surface area contributed by atoms with Gasteiger partial charge < -0.3 is 15.4 Å². The van der Waals surface area contributed by atoms with E-state index in [1.165, 1.54) is 24.2 Å². The van der Waals surface area contributed by atoms with Crippen molar-refractivity contribution in [2.75, 3.05) is 23.0 Å². The lowest BCUT2D eigenvalue weighted by molar-refractivity contribution is -0.144. The molecule has 0 atom stereocenters. The fourth-order valence-electron chi connectivity index (χ4n) is 2.20. The standard InChI is InChI=1S/C20H22N2O4S/c1-14-6-8-16(9-7-14)12-27-13-20(25)26-11-19(24)22-18-5-3-4-17(10-18)21-15(2)23/h3-10H,11-13H2,1-2H3,(H,21,23)(H,22,24). The summed E-state index contributed by atoms with van der Waals surface area (Å²) in [5.74, 6) is -0.187. The number of thioether (sulfide) groups is 1. The predicted octanol–water partition coefficient (Wildman–Crippen LogP) is 3.37. The van der Waals surface area contributed by atoms with E-state index in [0.29, 0.717) is 17.1 Å². The highest BCUT2D eigenvalue weighted by molar-refractivity contribution is 7.99. The van der Waals surface area contributed by atoms with Crippen LogP contribution in [0.4, 0.5) is 11.4 Å². The summed E-state index contributed by atoms with van der Waals surface area (Å²) in [4.78, 5) is 34.7. The molecule has 0 aromatic heterocycles.